The fourth-order valence-electron chi connectivity index (χ4n) is 4.88. The van der Waals surface area contributed by atoms with Crippen LogP contribution in [0.1, 0.15) is 35.0 Å². The Hall–Kier alpha value is -4.64. The summed E-state index contributed by atoms with van der Waals surface area (Å²) in [6.07, 6.45) is 0. The molecule has 0 aliphatic heterocycles. The van der Waals surface area contributed by atoms with Gasteiger partial charge in [0, 0.05) is 5.69 Å². The third-order valence-corrected chi connectivity index (χ3v) is 7.03. The lowest BCUT2D eigenvalue weighted by Crippen LogP contribution is -2.40. The van der Waals surface area contributed by atoms with Gasteiger partial charge in [0.25, 0.3) is 0 Å². The molecule has 4 aromatic carbocycles. The van der Waals surface area contributed by atoms with E-state index in [1.807, 2.05) is 37.3 Å². The zero-order valence-electron chi connectivity index (χ0n) is 22.9. The predicted molar refractivity (Wildman–Crippen MR) is 157 cm³/mol. The third-order valence-electron chi connectivity index (χ3n) is 7.03. The fourth-order valence-corrected chi connectivity index (χ4v) is 4.88. The van der Waals surface area contributed by atoms with Crippen LogP contribution >= 0.6 is 0 Å². The van der Waals surface area contributed by atoms with Crippen molar-refractivity contribution >= 4 is 28.4 Å². The van der Waals surface area contributed by atoms with E-state index in [0.29, 0.717) is 24.4 Å². The summed E-state index contributed by atoms with van der Waals surface area (Å²) >= 11 is 0. The zero-order valence-corrected chi connectivity index (χ0v) is 22.9. The van der Waals surface area contributed by atoms with Gasteiger partial charge in [-0.15, -0.1) is 0 Å². The molecular formula is C34H34N3O2+. The molecule has 5 nitrogen and oxygen atoms in total. The van der Waals surface area contributed by atoms with Crippen LogP contribution < -0.4 is 9.88 Å². The van der Waals surface area contributed by atoms with E-state index in [0.717, 1.165) is 22.5 Å². The molecule has 0 aliphatic carbocycles. The van der Waals surface area contributed by atoms with E-state index in [1.54, 1.807) is 0 Å². The van der Waals surface area contributed by atoms with Gasteiger partial charge in [-0.2, -0.15) is 0 Å². The van der Waals surface area contributed by atoms with Crippen LogP contribution in [-0.4, -0.2) is 17.6 Å². The van der Waals surface area contributed by atoms with Crippen molar-refractivity contribution in [2.75, 3.05) is 12.4 Å². The van der Waals surface area contributed by atoms with E-state index in [1.165, 1.54) is 29.4 Å². The molecule has 5 heteroatoms. The highest BCUT2D eigenvalue weighted by Gasteiger charge is 2.31. The third kappa shape index (κ3) is 5.63. The van der Waals surface area contributed by atoms with Crippen LogP contribution in [0.15, 0.2) is 109 Å². The molecule has 1 heterocycles. The minimum Gasteiger partial charge on any atom is -0.466 e. The summed E-state index contributed by atoms with van der Waals surface area (Å²) in [4.78, 5) is 13.0. The molecule has 0 fully saturated rings. The number of aryl methyl sites for hydroxylation is 2. The number of esters is 1. The quantitative estimate of drug-likeness (QED) is 0.143. The van der Waals surface area contributed by atoms with Crippen molar-refractivity contribution in [2.45, 2.75) is 33.9 Å². The Kier molecular flexibility index (Phi) is 7.60. The SMILES string of the molecule is COC(=O)/C(C)=C(/Nc1ccccc1)c1n(Cc2ccc(C)cc2)c2ccccc2[n+]1Cc1ccc(C)cc1. The normalized spacial score (nSPS) is 11.8. The Bertz CT molecular complexity index is 1550. The minimum absolute atomic E-state index is 0.373. The summed E-state index contributed by atoms with van der Waals surface area (Å²) in [5.41, 5.74) is 9.09. The van der Waals surface area contributed by atoms with Crippen molar-refractivity contribution in [3.05, 3.63) is 137 Å². The lowest BCUT2D eigenvalue weighted by Gasteiger charge is -2.15. The van der Waals surface area contributed by atoms with Gasteiger partial charge in [-0.25, -0.2) is 13.9 Å². The van der Waals surface area contributed by atoms with Gasteiger partial charge >= 0.3 is 11.8 Å². The number of hydrogen-bond acceptors (Lipinski definition) is 3. The number of benzene rings is 4. The van der Waals surface area contributed by atoms with Gasteiger partial charge in [0.05, 0.1) is 12.7 Å². The molecule has 0 unspecified atom stereocenters. The van der Waals surface area contributed by atoms with Gasteiger partial charge in [0.1, 0.15) is 18.8 Å². The van der Waals surface area contributed by atoms with E-state index >= 15 is 0 Å². The fraction of sp³-hybridized carbons (Fsp3) is 0.176. The van der Waals surface area contributed by atoms with E-state index in [-0.39, 0.29) is 5.97 Å². The maximum Gasteiger partial charge on any atom is 0.335 e. The molecule has 0 amide bonds. The number of aromatic nitrogens is 2. The van der Waals surface area contributed by atoms with Crippen molar-refractivity contribution in [2.24, 2.45) is 0 Å². The van der Waals surface area contributed by atoms with Crippen LogP contribution in [0, 0.1) is 13.8 Å². The Morgan fingerprint density at radius 3 is 2.03 bits per heavy atom. The number of rotatable bonds is 8. The first-order chi connectivity index (χ1) is 18.9. The smallest absolute Gasteiger partial charge is 0.335 e. The van der Waals surface area contributed by atoms with Crippen LogP contribution in [0.5, 0.6) is 0 Å². The maximum absolute atomic E-state index is 13.0. The van der Waals surface area contributed by atoms with Gasteiger partial charge in [0.2, 0.25) is 0 Å². The molecule has 1 N–H and O–H groups in total. The van der Waals surface area contributed by atoms with Crippen molar-refractivity contribution in [1.82, 2.24) is 4.57 Å². The Morgan fingerprint density at radius 1 is 0.795 bits per heavy atom. The maximum atomic E-state index is 13.0. The number of hydrogen-bond donors (Lipinski definition) is 1. The van der Waals surface area contributed by atoms with Crippen molar-refractivity contribution in [3.63, 3.8) is 0 Å². The molecule has 0 atom stereocenters. The second kappa shape index (κ2) is 11.4. The van der Waals surface area contributed by atoms with E-state index in [9.17, 15) is 4.79 Å². The second-order valence-corrected chi connectivity index (χ2v) is 9.94. The number of ether oxygens (including phenoxy) is 1. The van der Waals surface area contributed by atoms with Crippen LogP contribution in [0.25, 0.3) is 16.7 Å². The summed E-state index contributed by atoms with van der Waals surface area (Å²) in [7, 11) is 1.42. The number of para-hydroxylation sites is 3. The van der Waals surface area contributed by atoms with Crippen molar-refractivity contribution in [1.29, 1.82) is 0 Å². The molecule has 5 rings (SSSR count). The molecule has 39 heavy (non-hydrogen) atoms. The molecule has 0 bridgehead atoms. The molecule has 5 aromatic rings. The van der Waals surface area contributed by atoms with Gasteiger partial charge in [-0.1, -0.05) is 90.0 Å². The summed E-state index contributed by atoms with van der Waals surface area (Å²) in [6, 6.07) is 35.6. The number of methoxy groups -OCH3 is 1. The predicted octanol–water partition coefficient (Wildman–Crippen LogP) is 6.66. The number of nitrogens with one attached hydrogen (secondary N) is 1. The van der Waals surface area contributed by atoms with Crippen molar-refractivity contribution in [3.8, 4) is 0 Å². The largest absolute Gasteiger partial charge is 0.466 e. The van der Waals surface area contributed by atoms with Gasteiger partial charge in [-0.3, -0.25) is 0 Å². The van der Waals surface area contributed by atoms with Gasteiger partial charge in [0.15, 0.2) is 11.0 Å². The van der Waals surface area contributed by atoms with Crippen molar-refractivity contribution < 1.29 is 14.1 Å². The summed E-state index contributed by atoms with van der Waals surface area (Å²) in [5.74, 6) is 0.534. The first-order valence-corrected chi connectivity index (χ1v) is 13.2. The Morgan fingerprint density at radius 2 is 1.38 bits per heavy atom. The van der Waals surface area contributed by atoms with Gasteiger partial charge in [-0.05, 0) is 56.2 Å². The topological polar surface area (TPSA) is 47.1 Å². The minimum atomic E-state index is -0.373. The zero-order chi connectivity index (χ0) is 27.4. The molecule has 1 aromatic heterocycles. The molecule has 0 saturated carbocycles. The lowest BCUT2D eigenvalue weighted by molar-refractivity contribution is -0.665. The highest BCUT2D eigenvalue weighted by Crippen LogP contribution is 2.27. The Labute approximate surface area is 230 Å². The number of carbonyl (C=O) groups is 1. The van der Waals surface area contributed by atoms with Crippen LogP contribution in [-0.2, 0) is 22.6 Å². The van der Waals surface area contributed by atoms with Gasteiger partial charge < -0.3 is 10.1 Å². The summed E-state index contributed by atoms with van der Waals surface area (Å²) in [5, 5.41) is 3.58. The monoisotopic (exact) mass is 516 g/mol. The first kappa shape index (κ1) is 26.0. The average Bonchev–Trinajstić information content (AvgIpc) is 3.26. The Balaban J connectivity index is 1.79. The first-order valence-electron chi connectivity index (χ1n) is 13.2. The standard InChI is InChI=1S/C34H33N3O2/c1-24-14-18-27(19-15-24)22-36-30-12-8-9-13-31(30)37(23-28-20-16-25(2)17-21-28)33(36)32(26(3)34(38)39-4)35-29-10-6-5-7-11-29/h5-21H,22-23H2,1-4H3/p+1. The van der Waals surface area contributed by atoms with E-state index in [2.05, 4.69) is 101 Å². The number of nitrogens with zero attached hydrogens (tertiary/aromatic N) is 2. The molecule has 0 aliphatic rings. The highest BCUT2D eigenvalue weighted by atomic mass is 16.5. The van der Waals surface area contributed by atoms with Crippen LogP contribution in [0.2, 0.25) is 0 Å². The molecule has 0 radical (unpaired) electrons. The number of fused-ring (bicyclic) bond motifs is 1. The molecule has 0 spiro atoms. The number of imidazole rings is 1. The lowest BCUT2D eigenvalue weighted by atomic mass is 10.1. The molecule has 196 valence electrons. The second-order valence-electron chi connectivity index (χ2n) is 9.94. The number of anilines is 1. The summed E-state index contributed by atoms with van der Waals surface area (Å²) in [6.45, 7) is 7.30. The average molecular weight is 517 g/mol. The molecular weight excluding hydrogens is 482 g/mol. The van der Waals surface area contributed by atoms with Crippen LogP contribution in [0.4, 0.5) is 5.69 Å². The molecule has 0 saturated heterocycles. The van der Waals surface area contributed by atoms with Crippen LogP contribution in [0.3, 0.4) is 0 Å². The highest BCUT2D eigenvalue weighted by molar-refractivity contribution is 5.99. The number of carbonyl (C=O) groups excluding carboxylic acids is 1. The van der Waals surface area contributed by atoms with E-state index < -0.39 is 0 Å². The van der Waals surface area contributed by atoms with E-state index in [4.69, 9.17) is 4.74 Å². The summed E-state index contributed by atoms with van der Waals surface area (Å²) < 4.78 is 9.81.